The minimum absolute atomic E-state index is 0. The van der Waals surface area contributed by atoms with Crippen molar-refractivity contribution in [2.45, 2.75) is 32.4 Å². The van der Waals surface area contributed by atoms with Gasteiger partial charge in [-0.3, -0.25) is 9.98 Å². The number of aliphatic imine (C=N–C) groups is 1. The summed E-state index contributed by atoms with van der Waals surface area (Å²) in [6.07, 6.45) is 3.95. The lowest BCUT2D eigenvalue weighted by Crippen LogP contribution is -2.42. The maximum Gasteiger partial charge on any atom is 0.191 e. The number of nitrogens with zero attached hydrogens (tertiary/aromatic N) is 2. The van der Waals surface area contributed by atoms with E-state index in [1.807, 2.05) is 12.3 Å². The molecule has 0 aliphatic heterocycles. The van der Waals surface area contributed by atoms with Crippen molar-refractivity contribution in [3.63, 3.8) is 0 Å². The van der Waals surface area contributed by atoms with Gasteiger partial charge in [0.1, 0.15) is 0 Å². The van der Waals surface area contributed by atoms with Crippen LogP contribution in [0.15, 0.2) is 71.9 Å². The third-order valence-corrected chi connectivity index (χ3v) is 4.48. The van der Waals surface area contributed by atoms with Crippen LogP contribution in [0.1, 0.15) is 24.5 Å². The van der Waals surface area contributed by atoms with E-state index < -0.39 is 0 Å². The molecule has 1 unspecified atom stereocenters. The Morgan fingerprint density at radius 1 is 1.04 bits per heavy atom. The SMILES string of the molecule is CN=C(NCc1cccc2cccnc12)NC(C)CCc1ccccc1.I. The van der Waals surface area contributed by atoms with Gasteiger partial charge in [-0.1, -0.05) is 54.6 Å². The second kappa shape index (κ2) is 10.9. The summed E-state index contributed by atoms with van der Waals surface area (Å²) in [6.45, 7) is 2.88. The summed E-state index contributed by atoms with van der Waals surface area (Å²) in [7, 11) is 1.81. The predicted molar refractivity (Wildman–Crippen MR) is 125 cm³/mol. The molecular formula is C22H27IN4. The van der Waals surface area contributed by atoms with Gasteiger partial charge in [-0.2, -0.15) is 0 Å². The number of benzene rings is 2. The van der Waals surface area contributed by atoms with E-state index in [9.17, 15) is 0 Å². The standard InChI is InChI=1S/C22H26N4.HI/c1-17(13-14-18-8-4-3-5-9-18)26-22(23-2)25-16-20-11-6-10-19-12-7-15-24-21(19)20;/h3-12,15,17H,13-14,16H2,1-2H3,(H2,23,25,26);1H. The van der Waals surface area contributed by atoms with Crippen molar-refractivity contribution in [1.29, 1.82) is 0 Å². The Kier molecular flexibility index (Phi) is 8.51. The summed E-state index contributed by atoms with van der Waals surface area (Å²) < 4.78 is 0. The Morgan fingerprint density at radius 3 is 2.59 bits per heavy atom. The molecule has 1 heterocycles. The number of aryl methyl sites for hydroxylation is 1. The van der Waals surface area contributed by atoms with Crippen LogP contribution in [0.3, 0.4) is 0 Å². The highest BCUT2D eigenvalue weighted by molar-refractivity contribution is 14.0. The molecular weight excluding hydrogens is 447 g/mol. The first-order chi connectivity index (χ1) is 12.8. The van der Waals surface area contributed by atoms with Crippen LogP contribution in [0.2, 0.25) is 0 Å². The first-order valence-electron chi connectivity index (χ1n) is 9.10. The molecule has 5 heteroatoms. The van der Waals surface area contributed by atoms with E-state index in [1.54, 1.807) is 7.05 Å². The molecule has 0 spiro atoms. The topological polar surface area (TPSA) is 49.3 Å². The fourth-order valence-electron chi connectivity index (χ4n) is 3.02. The molecule has 1 aromatic heterocycles. The number of guanidine groups is 1. The van der Waals surface area contributed by atoms with Crippen molar-refractivity contribution in [2.75, 3.05) is 7.05 Å². The summed E-state index contributed by atoms with van der Waals surface area (Å²) in [5.74, 6) is 0.818. The number of para-hydroxylation sites is 1. The highest BCUT2D eigenvalue weighted by atomic mass is 127. The van der Waals surface area contributed by atoms with E-state index in [4.69, 9.17) is 0 Å². The van der Waals surface area contributed by atoms with Crippen LogP contribution in [0.25, 0.3) is 10.9 Å². The highest BCUT2D eigenvalue weighted by Gasteiger charge is 2.07. The molecule has 0 saturated carbocycles. The van der Waals surface area contributed by atoms with Crippen molar-refractivity contribution in [1.82, 2.24) is 15.6 Å². The number of aromatic nitrogens is 1. The van der Waals surface area contributed by atoms with Crippen LogP contribution in [0.4, 0.5) is 0 Å². The van der Waals surface area contributed by atoms with Crippen LogP contribution in [-0.4, -0.2) is 24.0 Å². The maximum atomic E-state index is 4.51. The number of nitrogens with one attached hydrogen (secondary N) is 2. The van der Waals surface area contributed by atoms with Crippen molar-refractivity contribution in [3.8, 4) is 0 Å². The lowest BCUT2D eigenvalue weighted by atomic mass is 10.1. The number of hydrogen-bond donors (Lipinski definition) is 2. The Bertz CT molecular complexity index is 859. The molecule has 0 aliphatic rings. The molecule has 1 atom stereocenters. The molecule has 3 aromatic rings. The molecule has 0 saturated heterocycles. The van der Waals surface area contributed by atoms with Gasteiger partial charge in [0.25, 0.3) is 0 Å². The van der Waals surface area contributed by atoms with Gasteiger partial charge >= 0.3 is 0 Å². The van der Waals surface area contributed by atoms with Gasteiger partial charge in [-0.25, -0.2) is 0 Å². The van der Waals surface area contributed by atoms with E-state index in [0.29, 0.717) is 12.6 Å². The zero-order valence-corrected chi connectivity index (χ0v) is 18.2. The van der Waals surface area contributed by atoms with Gasteiger partial charge in [0.2, 0.25) is 0 Å². The fraction of sp³-hybridized carbons (Fsp3) is 0.273. The Hall–Kier alpha value is -2.15. The predicted octanol–water partition coefficient (Wildman–Crippen LogP) is 4.54. The van der Waals surface area contributed by atoms with Gasteiger partial charge in [-0.15, -0.1) is 24.0 Å². The first-order valence-corrected chi connectivity index (χ1v) is 9.10. The Morgan fingerprint density at radius 2 is 1.81 bits per heavy atom. The third kappa shape index (κ3) is 6.20. The van der Waals surface area contributed by atoms with Gasteiger partial charge in [-0.05, 0) is 37.0 Å². The van der Waals surface area contributed by atoms with Crippen LogP contribution in [0, 0.1) is 0 Å². The monoisotopic (exact) mass is 474 g/mol. The van der Waals surface area contributed by atoms with Crippen LogP contribution in [-0.2, 0) is 13.0 Å². The van der Waals surface area contributed by atoms with E-state index in [-0.39, 0.29) is 24.0 Å². The summed E-state index contributed by atoms with van der Waals surface area (Å²) >= 11 is 0. The number of rotatable bonds is 6. The van der Waals surface area contributed by atoms with Gasteiger partial charge in [0, 0.05) is 31.2 Å². The van der Waals surface area contributed by atoms with Crippen molar-refractivity contribution < 1.29 is 0 Å². The average molecular weight is 474 g/mol. The highest BCUT2D eigenvalue weighted by Crippen LogP contribution is 2.15. The molecule has 0 amide bonds. The molecule has 0 fully saturated rings. The Labute approximate surface area is 178 Å². The zero-order chi connectivity index (χ0) is 18.2. The van der Waals surface area contributed by atoms with Gasteiger partial charge < -0.3 is 10.6 Å². The first kappa shape index (κ1) is 21.2. The normalized spacial score (nSPS) is 12.3. The lowest BCUT2D eigenvalue weighted by Gasteiger charge is -2.18. The molecule has 4 nitrogen and oxygen atoms in total. The second-order valence-corrected chi connectivity index (χ2v) is 6.49. The third-order valence-electron chi connectivity index (χ3n) is 4.48. The zero-order valence-electron chi connectivity index (χ0n) is 15.9. The fourth-order valence-corrected chi connectivity index (χ4v) is 3.02. The molecule has 27 heavy (non-hydrogen) atoms. The maximum absolute atomic E-state index is 4.51. The number of hydrogen-bond acceptors (Lipinski definition) is 2. The molecule has 2 aromatic carbocycles. The van der Waals surface area contributed by atoms with Crippen molar-refractivity contribution >= 4 is 40.8 Å². The van der Waals surface area contributed by atoms with E-state index in [0.717, 1.165) is 29.7 Å². The van der Waals surface area contributed by atoms with Gasteiger partial charge in [0.15, 0.2) is 5.96 Å². The van der Waals surface area contributed by atoms with E-state index in [1.165, 1.54) is 11.1 Å². The molecule has 0 radical (unpaired) electrons. The van der Waals surface area contributed by atoms with Gasteiger partial charge in [0.05, 0.1) is 5.52 Å². The molecule has 3 rings (SSSR count). The number of fused-ring (bicyclic) bond motifs is 1. The van der Waals surface area contributed by atoms with Crippen LogP contribution in [0.5, 0.6) is 0 Å². The summed E-state index contributed by atoms with van der Waals surface area (Å²) in [5, 5.41) is 8.04. The summed E-state index contributed by atoms with van der Waals surface area (Å²) in [4.78, 5) is 8.86. The molecule has 142 valence electrons. The van der Waals surface area contributed by atoms with Crippen LogP contribution < -0.4 is 10.6 Å². The largest absolute Gasteiger partial charge is 0.354 e. The number of halogens is 1. The quantitative estimate of drug-likeness (QED) is 0.314. The lowest BCUT2D eigenvalue weighted by molar-refractivity contribution is 0.593. The smallest absolute Gasteiger partial charge is 0.191 e. The van der Waals surface area contributed by atoms with E-state index in [2.05, 4.69) is 82.1 Å². The summed E-state index contributed by atoms with van der Waals surface area (Å²) in [5.41, 5.74) is 3.57. The van der Waals surface area contributed by atoms with E-state index >= 15 is 0 Å². The van der Waals surface area contributed by atoms with Crippen LogP contribution >= 0.6 is 24.0 Å². The number of pyridine rings is 1. The minimum Gasteiger partial charge on any atom is -0.354 e. The summed E-state index contributed by atoms with van der Waals surface area (Å²) in [6, 6.07) is 21.2. The second-order valence-electron chi connectivity index (χ2n) is 6.49. The molecule has 0 aliphatic carbocycles. The minimum atomic E-state index is 0. The Balaban J connectivity index is 0.00000261. The van der Waals surface area contributed by atoms with Crippen molar-refractivity contribution in [2.24, 2.45) is 4.99 Å². The average Bonchev–Trinajstić information content (AvgIpc) is 2.70. The van der Waals surface area contributed by atoms with Crippen molar-refractivity contribution in [3.05, 3.63) is 78.0 Å². The molecule has 0 bridgehead atoms. The molecule has 2 N–H and O–H groups in total.